The molecule has 2 fully saturated rings. The molecule has 0 aromatic carbocycles. The number of fused-ring (bicyclic) bond motifs is 2. The Labute approximate surface area is 216 Å². The first-order valence-electron chi connectivity index (χ1n) is 13.7. The lowest BCUT2D eigenvalue weighted by Crippen LogP contribution is -2.60. The van der Waals surface area contributed by atoms with Crippen molar-refractivity contribution in [2.24, 2.45) is 5.92 Å². The van der Waals surface area contributed by atoms with Gasteiger partial charge in [0.15, 0.2) is 5.79 Å². The van der Waals surface area contributed by atoms with Gasteiger partial charge in [0.25, 0.3) is 5.24 Å². The van der Waals surface area contributed by atoms with Gasteiger partial charge in [-0.15, -0.1) is 0 Å². The van der Waals surface area contributed by atoms with E-state index in [0.717, 1.165) is 44.1 Å². The van der Waals surface area contributed by atoms with Gasteiger partial charge in [0.05, 0.1) is 18.8 Å². The number of hydrogen-bond donors (Lipinski definition) is 1. The van der Waals surface area contributed by atoms with Crippen LogP contribution in [0.3, 0.4) is 0 Å². The number of nitrogens with one attached hydrogen (secondary N) is 1. The minimum atomic E-state index is -0.967. The third-order valence-electron chi connectivity index (χ3n) is 7.21. The van der Waals surface area contributed by atoms with Crippen LogP contribution in [0, 0.1) is 5.92 Å². The molecule has 2 saturated heterocycles. The van der Waals surface area contributed by atoms with Gasteiger partial charge in [0, 0.05) is 24.7 Å². The highest BCUT2D eigenvalue weighted by Crippen LogP contribution is 2.40. The van der Waals surface area contributed by atoms with E-state index in [1.54, 1.807) is 6.08 Å². The molecule has 3 heterocycles. The lowest BCUT2D eigenvalue weighted by atomic mass is 9.90. The Bertz CT molecular complexity index is 754. The van der Waals surface area contributed by atoms with Gasteiger partial charge < -0.3 is 19.5 Å². The van der Waals surface area contributed by atoms with Crippen molar-refractivity contribution in [1.82, 2.24) is 5.32 Å². The molecule has 0 radical (unpaired) electrons. The van der Waals surface area contributed by atoms with Crippen LogP contribution >= 0.6 is 11.8 Å². The molecular weight excluding hydrogens is 462 g/mol. The van der Waals surface area contributed by atoms with E-state index in [4.69, 9.17) is 14.2 Å². The topological polar surface area (TPSA) is 73.9 Å². The van der Waals surface area contributed by atoms with Gasteiger partial charge in [-0.3, -0.25) is 4.79 Å². The summed E-state index contributed by atoms with van der Waals surface area (Å²) in [4.78, 5) is 24.8. The molecule has 3 rings (SSSR count). The van der Waals surface area contributed by atoms with E-state index in [-0.39, 0.29) is 29.5 Å². The van der Waals surface area contributed by atoms with Crippen LogP contribution in [0.4, 0.5) is 4.79 Å². The SMILES string of the molecule is CCCCCCCCO[C@]1([C@@H]2CSC(=O)N2)C[C@H]2C[C@@H](CC[C@H](C)/C=C\CC/C(C)=C\C(=O)O2)O1. The smallest absolute Gasteiger partial charge is 0.330 e. The van der Waals surface area contributed by atoms with Gasteiger partial charge in [0.1, 0.15) is 6.10 Å². The molecule has 0 aliphatic carbocycles. The summed E-state index contributed by atoms with van der Waals surface area (Å²) < 4.78 is 19.2. The Kier molecular flexibility index (Phi) is 11.7. The maximum absolute atomic E-state index is 12.7. The first-order chi connectivity index (χ1) is 16.9. The minimum Gasteiger partial charge on any atom is -0.459 e. The molecule has 0 saturated carbocycles. The fourth-order valence-electron chi connectivity index (χ4n) is 5.16. The zero-order valence-electron chi connectivity index (χ0n) is 21.9. The fraction of sp³-hybridized carbons (Fsp3) is 0.786. The summed E-state index contributed by atoms with van der Waals surface area (Å²) in [6, 6.07) is -0.252. The van der Waals surface area contributed by atoms with Crippen LogP contribution in [-0.4, -0.2) is 47.6 Å². The molecular formula is C28H45NO5S. The van der Waals surface area contributed by atoms with E-state index < -0.39 is 5.79 Å². The zero-order valence-corrected chi connectivity index (χ0v) is 22.7. The van der Waals surface area contributed by atoms with Crippen molar-refractivity contribution in [2.45, 2.75) is 122 Å². The monoisotopic (exact) mass is 507 g/mol. The van der Waals surface area contributed by atoms with Crippen LogP contribution < -0.4 is 5.32 Å². The number of carbonyl (C=O) groups excluding carboxylic acids is 2. The van der Waals surface area contributed by atoms with Gasteiger partial charge in [-0.1, -0.05) is 75.4 Å². The second-order valence-electron chi connectivity index (χ2n) is 10.5. The predicted octanol–water partition coefficient (Wildman–Crippen LogP) is 6.69. The molecule has 1 amide bonds. The van der Waals surface area contributed by atoms with E-state index in [0.29, 0.717) is 31.1 Å². The largest absolute Gasteiger partial charge is 0.459 e. The van der Waals surface area contributed by atoms with E-state index in [2.05, 4.69) is 31.3 Å². The van der Waals surface area contributed by atoms with Gasteiger partial charge in [-0.25, -0.2) is 4.79 Å². The van der Waals surface area contributed by atoms with Crippen molar-refractivity contribution in [3.8, 4) is 0 Å². The number of hydrogen-bond acceptors (Lipinski definition) is 6. The summed E-state index contributed by atoms with van der Waals surface area (Å²) >= 11 is 1.27. The van der Waals surface area contributed by atoms with Crippen LogP contribution in [0.1, 0.15) is 97.8 Å². The highest BCUT2D eigenvalue weighted by Gasteiger charge is 2.51. The quantitative estimate of drug-likeness (QED) is 0.213. The van der Waals surface area contributed by atoms with Gasteiger partial charge in [-0.05, 0) is 44.9 Å². The summed E-state index contributed by atoms with van der Waals surface area (Å²) in [5.41, 5.74) is 1.03. The molecule has 0 aromatic rings. The van der Waals surface area contributed by atoms with Crippen molar-refractivity contribution in [2.75, 3.05) is 12.4 Å². The normalized spacial score (nSPS) is 34.9. The number of esters is 1. The fourth-order valence-corrected chi connectivity index (χ4v) is 6.04. The Morgan fingerprint density at radius 1 is 1.14 bits per heavy atom. The summed E-state index contributed by atoms with van der Waals surface area (Å²) in [7, 11) is 0. The van der Waals surface area contributed by atoms with E-state index in [1.165, 1.54) is 37.4 Å². The lowest BCUT2D eigenvalue weighted by molar-refractivity contribution is -0.306. The molecule has 1 N–H and O–H groups in total. The lowest BCUT2D eigenvalue weighted by Gasteiger charge is -2.46. The second-order valence-corrected chi connectivity index (χ2v) is 11.5. The van der Waals surface area contributed by atoms with Crippen molar-refractivity contribution >= 4 is 23.0 Å². The maximum atomic E-state index is 12.7. The van der Waals surface area contributed by atoms with Crippen molar-refractivity contribution in [3.63, 3.8) is 0 Å². The molecule has 198 valence electrons. The Morgan fingerprint density at radius 3 is 2.71 bits per heavy atom. The minimum absolute atomic E-state index is 0.0451. The Morgan fingerprint density at radius 2 is 1.94 bits per heavy atom. The third-order valence-corrected chi connectivity index (χ3v) is 8.09. The van der Waals surface area contributed by atoms with Crippen molar-refractivity contribution in [3.05, 3.63) is 23.8 Å². The zero-order chi connectivity index (χ0) is 25.1. The number of carbonyl (C=O) groups is 2. The first-order valence-corrected chi connectivity index (χ1v) is 14.7. The van der Waals surface area contributed by atoms with Crippen LogP contribution in [0.2, 0.25) is 0 Å². The highest BCUT2D eigenvalue weighted by atomic mass is 32.2. The predicted molar refractivity (Wildman–Crippen MR) is 141 cm³/mol. The number of ether oxygens (including phenoxy) is 3. The summed E-state index contributed by atoms with van der Waals surface area (Å²) in [5.74, 6) is -0.210. The highest BCUT2D eigenvalue weighted by molar-refractivity contribution is 8.14. The molecule has 6 nitrogen and oxygen atoms in total. The van der Waals surface area contributed by atoms with E-state index >= 15 is 0 Å². The number of thioether (sulfide) groups is 1. The second kappa shape index (κ2) is 14.4. The Hall–Kier alpha value is -1.31. The standard InChI is InChI=1S/C28H45NO5S/c1-4-5-6-7-8-11-16-32-28(25-20-35-27(31)29-25)19-24-18-23(34-28)15-14-21(2)12-9-10-13-22(3)17-26(30)33-24/h9,12,17,21,23-25H,4-8,10-11,13-16,18-20H2,1-3H3,(H,29,31)/b12-9-,22-17-/t21-,23-,24-,25+,28-/m1/s1. The number of allylic oxidation sites excluding steroid dienone is 3. The molecule has 3 aliphatic heterocycles. The molecule has 3 aliphatic rings. The van der Waals surface area contributed by atoms with Gasteiger partial charge in [-0.2, -0.15) is 0 Å². The number of amides is 1. The molecule has 35 heavy (non-hydrogen) atoms. The van der Waals surface area contributed by atoms with E-state index in [9.17, 15) is 9.59 Å². The molecule has 0 spiro atoms. The van der Waals surface area contributed by atoms with Gasteiger partial charge in [0.2, 0.25) is 0 Å². The average Bonchev–Trinajstić information content (AvgIpc) is 3.26. The van der Waals surface area contributed by atoms with Crippen LogP contribution in [-0.2, 0) is 19.0 Å². The molecule has 0 aromatic heterocycles. The first kappa shape index (κ1) is 28.3. The maximum Gasteiger partial charge on any atom is 0.330 e. The van der Waals surface area contributed by atoms with E-state index in [1.807, 2.05) is 6.92 Å². The van der Waals surface area contributed by atoms with Crippen molar-refractivity contribution < 1.29 is 23.8 Å². The average molecular weight is 508 g/mol. The number of unbranched alkanes of at least 4 members (excludes halogenated alkanes) is 5. The Balaban J connectivity index is 1.75. The van der Waals surface area contributed by atoms with Gasteiger partial charge >= 0.3 is 5.97 Å². The summed E-state index contributed by atoms with van der Waals surface area (Å²) in [6.45, 7) is 7.02. The summed E-state index contributed by atoms with van der Waals surface area (Å²) in [6.07, 6.45) is 17.5. The molecule has 0 unspecified atom stereocenters. The molecule has 2 bridgehead atoms. The third kappa shape index (κ3) is 9.25. The number of rotatable bonds is 9. The summed E-state index contributed by atoms with van der Waals surface area (Å²) in [5, 5.41) is 3.02. The van der Waals surface area contributed by atoms with Crippen LogP contribution in [0.15, 0.2) is 23.8 Å². The van der Waals surface area contributed by atoms with Crippen LogP contribution in [0.25, 0.3) is 0 Å². The van der Waals surface area contributed by atoms with Crippen molar-refractivity contribution in [1.29, 1.82) is 0 Å². The molecule has 7 heteroatoms. The van der Waals surface area contributed by atoms with Crippen LogP contribution in [0.5, 0.6) is 0 Å². The molecule has 5 atom stereocenters.